The fourth-order valence-electron chi connectivity index (χ4n) is 1.11. The lowest BCUT2D eigenvalue weighted by Gasteiger charge is -2.06. The third-order valence-corrected chi connectivity index (χ3v) is 1.92. The molecule has 0 aliphatic heterocycles. The third-order valence-electron chi connectivity index (χ3n) is 1.92. The van der Waals surface area contributed by atoms with Crippen LogP contribution in [0.15, 0.2) is 24.8 Å². The molecule has 0 aliphatic rings. The molecule has 0 heterocycles. The molecule has 1 atom stereocenters. The second-order valence-electron chi connectivity index (χ2n) is 3.30. The average molecular weight is 212 g/mol. The first-order valence-corrected chi connectivity index (χ1v) is 5.34. The summed E-state index contributed by atoms with van der Waals surface area (Å²) in [7, 11) is 0. The Bertz CT molecular complexity index is 209. The van der Waals surface area contributed by atoms with Crippen LogP contribution in [0.4, 0.5) is 0 Å². The third kappa shape index (κ3) is 7.94. The van der Waals surface area contributed by atoms with Crippen LogP contribution in [-0.2, 0) is 9.53 Å². The van der Waals surface area contributed by atoms with Crippen molar-refractivity contribution in [2.24, 2.45) is 0 Å². The zero-order chi connectivity index (χ0) is 11.5. The van der Waals surface area contributed by atoms with E-state index < -0.39 is 12.1 Å². The molecule has 0 saturated carbocycles. The summed E-state index contributed by atoms with van der Waals surface area (Å²) < 4.78 is 5.05. The molecule has 0 aliphatic carbocycles. The summed E-state index contributed by atoms with van der Waals surface area (Å²) in [6.07, 6.45) is 8.53. The number of allylic oxidation sites excluding steroid dienone is 1. The van der Waals surface area contributed by atoms with Crippen LogP contribution >= 0.6 is 0 Å². The standard InChI is InChI=1S/C12H20O3/c1-3-5-6-7-8-9-11(12(13)14)15-10-4-2/h4,8-9,11H,2-3,5-7,10H2,1H3,(H,13,14)/b9-8+. The van der Waals surface area contributed by atoms with Gasteiger partial charge in [0.2, 0.25) is 0 Å². The lowest BCUT2D eigenvalue weighted by Crippen LogP contribution is -2.21. The zero-order valence-corrected chi connectivity index (χ0v) is 9.32. The Kier molecular flexibility index (Phi) is 8.78. The van der Waals surface area contributed by atoms with E-state index in [0.717, 1.165) is 12.8 Å². The lowest BCUT2D eigenvalue weighted by molar-refractivity contribution is -0.146. The summed E-state index contributed by atoms with van der Waals surface area (Å²) in [5.41, 5.74) is 0. The minimum atomic E-state index is -0.955. The van der Waals surface area contributed by atoms with Crippen molar-refractivity contribution in [2.75, 3.05) is 6.61 Å². The van der Waals surface area contributed by atoms with Crippen LogP contribution in [0.3, 0.4) is 0 Å². The second-order valence-corrected chi connectivity index (χ2v) is 3.30. The van der Waals surface area contributed by atoms with Gasteiger partial charge in [0, 0.05) is 0 Å². The van der Waals surface area contributed by atoms with Crippen LogP contribution in [0.2, 0.25) is 0 Å². The number of rotatable bonds is 9. The van der Waals surface area contributed by atoms with Crippen molar-refractivity contribution in [3.63, 3.8) is 0 Å². The normalized spacial score (nSPS) is 12.9. The molecule has 0 rings (SSSR count). The van der Waals surface area contributed by atoms with E-state index in [2.05, 4.69) is 13.5 Å². The Morgan fingerprint density at radius 2 is 2.27 bits per heavy atom. The predicted molar refractivity (Wildman–Crippen MR) is 60.9 cm³/mol. The Labute approximate surface area is 91.4 Å². The molecule has 0 bridgehead atoms. The van der Waals surface area contributed by atoms with Gasteiger partial charge < -0.3 is 9.84 Å². The van der Waals surface area contributed by atoms with E-state index >= 15 is 0 Å². The molecule has 86 valence electrons. The van der Waals surface area contributed by atoms with Gasteiger partial charge in [0.15, 0.2) is 6.10 Å². The van der Waals surface area contributed by atoms with Crippen LogP contribution in [-0.4, -0.2) is 23.8 Å². The fourth-order valence-corrected chi connectivity index (χ4v) is 1.11. The number of hydrogen-bond acceptors (Lipinski definition) is 2. The summed E-state index contributed by atoms with van der Waals surface area (Å²) in [5, 5.41) is 8.79. The van der Waals surface area contributed by atoms with Crippen LogP contribution in [0, 0.1) is 0 Å². The highest BCUT2D eigenvalue weighted by molar-refractivity contribution is 5.74. The topological polar surface area (TPSA) is 46.5 Å². The largest absolute Gasteiger partial charge is 0.479 e. The number of hydrogen-bond donors (Lipinski definition) is 1. The summed E-state index contributed by atoms with van der Waals surface area (Å²) in [5.74, 6) is -0.955. The molecular weight excluding hydrogens is 192 g/mol. The van der Waals surface area contributed by atoms with Crippen LogP contribution < -0.4 is 0 Å². The van der Waals surface area contributed by atoms with E-state index in [1.54, 1.807) is 12.2 Å². The predicted octanol–water partition coefficient (Wildman–Crippen LogP) is 2.78. The van der Waals surface area contributed by atoms with Gasteiger partial charge in [-0.3, -0.25) is 0 Å². The van der Waals surface area contributed by atoms with E-state index in [9.17, 15) is 4.79 Å². The van der Waals surface area contributed by atoms with Crippen molar-refractivity contribution >= 4 is 5.97 Å². The number of carbonyl (C=O) groups is 1. The molecule has 0 amide bonds. The minimum absolute atomic E-state index is 0.260. The summed E-state index contributed by atoms with van der Waals surface area (Å²) >= 11 is 0. The highest BCUT2D eigenvalue weighted by Gasteiger charge is 2.12. The molecule has 3 nitrogen and oxygen atoms in total. The van der Waals surface area contributed by atoms with Gasteiger partial charge in [0.05, 0.1) is 6.61 Å². The van der Waals surface area contributed by atoms with Crippen molar-refractivity contribution in [3.05, 3.63) is 24.8 Å². The Hall–Kier alpha value is -1.09. The molecule has 1 N–H and O–H groups in total. The van der Waals surface area contributed by atoms with Crippen molar-refractivity contribution < 1.29 is 14.6 Å². The first kappa shape index (κ1) is 13.9. The molecule has 1 unspecified atom stereocenters. The van der Waals surface area contributed by atoms with Crippen molar-refractivity contribution in [2.45, 2.75) is 38.7 Å². The molecule has 0 spiro atoms. The maximum absolute atomic E-state index is 10.7. The van der Waals surface area contributed by atoms with Gasteiger partial charge >= 0.3 is 5.97 Å². The monoisotopic (exact) mass is 212 g/mol. The van der Waals surface area contributed by atoms with E-state index in [0.29, 0.717) is 0 Å². The van der Waals surface area contributed by atoms with Gasteiger partial charge in [-0.05, 0) is 18.9 Å². The molecular formula is C12H20O3. The second kappa shape index (κ2) is 9.46. The van der Waals surface area contributed by atoms with Gasteiger partial charge in [-0.1, -0.05) is 31.9 Å². The summed E-state index contributed by atoms with van der Waals surface area (Å²) in [6.45, 7) is 5.87. The lowest BCUT2D eigenvalue weighted by atomic mass is 10.2. The van der Waals surface area contributed by atoms with Gasteiger partial charge in [-0.2, -0.15) is 0 Å². The molecule has 0 aromatic carbocycles. The van der Waals surface area contributed by atoms with Gasteiger partial charge in [0.1, 0.15) is 0 Å². The van der Waals surface area contributed by atoms with E-state index in [1.165, 1.54) is 12.8 Å². The summed E-state index contributed by atoms with van der Waals surface area (Å²) in [6, 6.07) is 0. The number of carboxylic acid groups (broad SMARTS) is 1. The maximum atomic E-state index is 10.7. The Balaban J connectivity index is 3.82. The molecule has 15 heavy (non-hydrogen) atoms. The van der Waals surface area contributed by atoms with Crippen LogP contribution in [0.25, 0.3) is 0 Å². The Morgan fingerprint density at radius 1 is 1.53 bits per heavy atom. The number of unbranched alkanes of at least 4 members (excludes halogenated alkanes) is 3. The molecule has 0 aromatic heterocycles. The molecule has 0 aromatic rings. The number of ether oxygens (including phenoxy) is 1. The molecule has 0 saturated heterocycles. The SMILES string of the molecule is C=CCOC(/C=C/CCCCC)C(=O)O. The number of carboxylic acids is 1. The maximum Gasteiger partial charge on any atom is 0.336 e. The first-order valence-electron chi connectivity index (χ1n) is 5.34. The quantitative estimate of drug-likeness (QED) is 0.472. The average Bonchev–Trinajstić information content (AvgIpc) is 2.21. The molecule has 0 radical (unpaired) electrons. The van der Waals surface area contributed by atoms with Crippen molar-refractivity contribution in [1.29, 1.82) is 0 Å². The van der Waals surface area contributed by atoms with E-state index in [1.807, 2.05) is 6.08 Å². The van der Waals surface area contributed by atoms with E-state index in [4.69, 9.17) is 9.84 Å². The van der Waals surface area contributed by atoms with E-state index in [-0.39, 0.29) is 6.61 Å². The zero-order valence-electron chi connectivity index (χ0n) is 9.32. The van der Waals surface area contributed by atoms with Gasteiger partial charge in [-0.15, -0.1) is 6.58 Å². The first-order chi connectivity index (χ1) is 7.22. The van der Waals surface area contributed by atoms with Crippen molar-refractivity contribution in [3.8, 4) is 0 Å². The van der Waals surface area contributed by atoms with Gasteiger partial charge in [0.25, 0.3) is 0 Å². The van der Waals surface area contributed by atoms with Crippen molar-refractivity contribution in [1.82, 2.24) is 0 Å². The van der Waals surface area contributed by atoms with Crippen LogP contribution in [0.5, 0.6) is 0 Å². The van der Waals surface area contributed by atoms with Crippen LogP contribution in [0.1, 0.15) is 32.6 Å². The highest BCUT2D eigenvalue weighted by atomic mass is 16.5. The highest BCUT2D eigenvalue weighted by Crippen LogP contribution is 2.02. The number of aliphatic carboxylic acids is 1. The summed E-state index contributed by atoms with van der Waals surface area (Å²) in [4.78, 5) is 10.7. The molecule has 3 heteroatoms. The fraction of sp³-hybridized carbons (Fsp3) is 0.583. The minimum Gasteiger partial charge on any atom is -0.479 e. The Morgan fingerprint density at radius 3 is 2.80 bits per heavy atom. The smallest absolute Gasteiger partial charge is 0.336 e. The van der Waals surface area contributed by atoms with Gasteiger partial charge in [-0.25, -0.2) is 4.79 Å². The molecule has 0 fully saturated rings.